The molecule has 0 aromatic heterocycles. The predicted octanol–water partition coefficient (Wildman–Crippen LogP) is 1.97. The van der Waals surface area contributed by atoms with Crippen LogP contribution in [0.25, 0.3) is 0 Å². The second-order valence-corrected chi connectivity index (χ2v) is 4.01. The highest BCUT2D eigenvalue weighted by Crippen LogP contribution is 2.17. The monoisotopic (exact) mass is 311 g/mol. The Morgan fingerprint density at radius 3 is 2.61 bits per heavy atom. The molecule has 1 aromatic carbocycles. The highest BCUT2D eigenvalue weighted by atomic mass is 79.9. The molecule has 5 heteroatoms. The molecule has 0 heterocycles. The first-order valence-electron chi connectivity index (χ1n) is 5.38. The van der Waals surface area contributed by atoms with E-state index in [1.54, 1.807) is 30.3 Å². The Morgan fingerprint density at radius 2 is 2.06 bits per heavy atom. The quantitative estimate of drug-likeness (QED) is 0.496. The molecule has 1 amide bonds. The van der Waals surface area contributed by atoms with Gasteiger partial charge in [-0.3, -0.25) is 9.59 Å². The largest absolute Gasteiger partial charge is 0.447 e. The van der Waals surface area contributed by atoms with E-state index in [1.807, 2.05) is 6.07 Å². The normalized spacial score (nSPS) is 11.4. The molecule has 1 N–H and O–H groups in total. The first-order chi connectivity index (χ1) is 8.69. The summed E-state index contributed by atoms with van der Waals surface area (Å²) in [7, 11) is 0. The number of benzene rings is 1. The fourth-order valence-corrected chi connectivity index (χ4v) is 1.46. The van der Waals surface area contributed by atoms with Crippen molar-refractivity contribution < 1.29 is 14.3 Å². The third-order valence-corrected chi connectivity index (χ3v) is 2.58. The maximum atomic E-state index is 11.9. The van der Waals surface area contributed by atoms with E-state index in [-0.39, 0.29) is 11.2 Å². The van der Waals surface area contributed by atoms with E-state index in [0.29, 0.717) is 12.1 Å². The van der Waals surface area contributed by atoms with Crippen LogP contribution in [0.15, 0.2) is 43.0 Å². The van der Waals surface area contributed by atoms with Crippen LogP contribution in [0.3, 0.4) is 0 Å². The van der Waals surface area contributed by atoms with Crippen molar-refractivity contribution >= 4 is 27.8 Å². The van der Waals surface area contributed by atoms with E-state index in [2.05, 4.69) is 27.8 Å². The van der Waals surface area contributed by atoms with Gasteiger partial charge in [0.15, 0.2) is 0 Å². The van der Waals surface area contributed by atoms with Gasteiger partial charge in [-0.15, -0.1) is 6.58 Å². The first-order valence-corrected chi connectivity index (χ1v) is 6.50. The molecular formula is C13H14BrNO3. The van der Waals surface area contributed by atoms with Crippen LogP contribution in [0.4, 0.5) is 0 Å². The lowest BCUT2D eigenvalue weighted by molar-refractivity contribution is -0.153. The average Bonchev–Trinajstić information content (AvgIpc) is 2.42. The molecule has 1 rings (SSSR count). The van der Waals surface area contributed by atoms with Crippen molar-refractivity contribution in [1.82, 2.24) is 5.32 Å². The number of nitrogens with one attached hydrogen (secondary N) is 1. The summed E-state index contributed by atoms with van der Waals surface area (Å²) in [6, 6.07) is 8.87. The molecule has 0 aliphatic rings. The van der Waals surface area contributed by atoms with Gasteiger partial charge in [-0.25, -0.2) is 0 Å². The Kier molecular flexibility index (Phi) is 6.14. The van der Waals surface area contributed by atoms with Crippen molar-refractivity contribution in [2.45, 2.75) is 6.10 Å². The van der Waals surface area contributed by atoms with Crippen molar-refractivity contribution in [2.24, 2.45) is 0 Å². The Morgan fingerprint density at radius 1 is 1.39 bits per heavy atom. The number of esters is 1. The second kappa shape index (κ2) is 7.66. The van der Waals surface area contributed by atoms with Gasteiger partial charge in [0.05, 0.1) is 0 Å². The van der Waals surface area contributed by atoms with Crippen molar-refractivity contribution in [3.05, 3.63) is 48.6 Å². The lowest BCUT2D eigenvalue weighted by Gasteiger charge is -2.16. The van der Waals surface area contributed by atoms with Gasteiger partial charge in [-0.05, 0) is 0 Å². The molecular weight excluding hydrogens is 298 g/mol. The minimum Gasteiger partial charge on any atom is -0.447 e. The summed E-state index contributed by atoms with van der Waals surface area (Å²) >= 11 is 3.00. The topological polar surface area (TPSA) is 55.4 Å². The summed E-state index contributed by atoms with van der Waals surface area (Å²) in [5, 5.41) is 2.66. The fraction of sp³-hybridized carbons (Fsp3) is 0.231. The molecule has 0 fully saturated rings. The number of alkyl halides is 1. The summed E-state index contributed by atoms with van der Waals surface area (Å²) < 4.78 is 5.11. The molecule has 0 unspecified atom stereocenters. The van der Waals surface area contributed by atoms with E-state index in [1.165, 1.54) is 0 Å². The minimum absolute atomic E-state index is 0.0467. The molecule has 4 nitrogen and oxygen atoms in total. The minimum atomic E-state index is -0.934. The van der Waals surface area contributed by atoms with Crippen molar-refractivity contribution in [3.63, 3.8) is 0 Å². The van der Waals surface area contributed by atoms with E-state index in [4.69, 9.17) is 4.74 Å². The molecule has 0 bridgehead atoms. The van der Waals surface area contributed by atoms with Gasteiger partial charge in [-0.1, -0.05) is 52.3 Å². The highest BCUT2D eigenvalue weighted by molar-refractivity contribution is 9.09. The summed E-state index contributed by atoms with van der Waals surface area (Å²) in [5.74, 6) is -0.854. The Labute approximate surface area is 114 Å². The van der Waals surface area contributed by atoms with Crippen LogP contribution in [0, 0.1) is 0 Å². The molecule has 1 atom stereocenters. The van der Waals surface area contributed by atoms with Gasteiger partial charge >= 0.3 is 5.97 Å². The van der Waals surface area contributed by atoms with Gasteiger partial charge < -0.3 is 10.1 Å². The van der Waals surface area contributed by atoms with Crippen molar-refractivity contribution in [3.8, 4) is 0 Å². The number of amides is 1. The van der Waals surface area contributed by atoms with Gasteiger partial charge in [0.1, 0.15) is 5.33 Å². The number of carbonyl (C=O) groups excluding carboxylic acids is 2. The average molecular weight is 312 g/mol. The lowest BCUT2D eigenvalue weighted by atomic mass is 10.1. The Hall–Kier alpha value is -1.62. The predicted molar refractivity (Wildman–Crippen MR) is 72.3 cm³/mol. The standard InChI is InChI=1S/C13H14BrNO3/c1-2-8-15-13(17)12(18-11(16)9-14)10-6-4-3-5-7-10/h2-7,12H,1,8-9H2,(H,15,17)/t12-/m0/s1. The van der Waals surface area contributed by atoms with E-state index in [9.17, 15) is 9.59 Å². The fourth-order valence-electron chi connectivity index (χ4n) is 1.33. The molecule has 0 spiro atoms. The van der Waals surface area contributed by atoms with Crippen LogP contribution in [0.5, 0.6) is 0 Å². The summed E-state index contributed by atoms with van der Waals surface area (Å²) in [5.41, 5.74) is 0.633. The van der Waals surface area contributed by atoms with Crippen LogP contribution >= 0.6 is 15.9 Å². The number of hydrogen-bond acceptors (Lipinski definition) is 3. The molecule has 0 radical (unpaired) electrons. The zero-order valence-corrected chi connectivity index (χ0v) is 11.4. The van der Waals surface area contributed by atoms with Crippen LogP contribution in [-0.2, 0) is 14.3 Å². The van der Waals surface area contributed by atoms with Crippen LogP contribution in [-0.4, -0.2) is 23.8 Å². The SMILES string of the molecule is C=CCNC(=O)[C@@H](OC(=O)CBr)c1ccccc1. The van der Waals surface area contributed by atoms with Gasteiger partial charge in [0, 0.05) is 12.1 Å². The van der Waals surface area contributed by atoms with E-state index >= 15 is 0 Å². The van der Waals surface area contributed by atoms with Crippen LogP contribution < -0.4 is 5.32 Å². The molecule has 0 aliphatic heterocycles. The van der Waals surface area contributed by atoms with Gasteiger partial charge in [-0.2, -0.15) is 0 Å². The summed E-state index contributed by atoms with van der Waals surface area (Å²) in [6.45, 7) is 3.84. The van der Waals surface area contributed by atoms with E-state index in [0.717, 1.165) is 0 Å². The van der Waals surface area contributed by atoms with Crippen LogP contribution in [0.1, 0.15) is 11.7 Å². The number of hydrogen-bond donors (Lipinski definition) is 1. The maximum absolute atomic E-state index is 11.9. The number of halogens is 1. The van der Waals surface area contributed by atoms with Crippen molar-refractivity contribution in [2.75, 3.05) is 11.9 Å². The van der Waals surface area contributed by atoms with E-state index < -0.39 is 12.1 Å². The highest BCUT2D eigenvalue weighted by Gasteiger charge is 2.23. The Bertz CT molecular complexity index is 420. The first kappa shape index (κ1) is 14.4. The second-order valence-electron chi connectivity index (χ2n) is 3.45. The Balaban J connectivity index is 2.84. The third-order valence-electron chi connectivity index (χ3n) is 2.12. The van der Waals surface area contributed by atoms with Crippen molar-refractivity contribution in [1.29, 1.82) is 0 Å². The third kappa shape index (κ3) is 4.33. The number of carbonyl (C=O) groups is 2. The maximum Gasteiger partial charge on any atom is 0.317 e. The summed E-state index contributed by atoms with van der Waals surface area (Å²) in [4.78, 5) is 23.2. The molecule has 0 saturated heterocycles. The zero-order chi connectivity index (χ0) is 13.4. The summed E-state index contributed by atoms with van der Waals surface area (Å²) in [6.07, 6.45) is 0.628. The molecule has 1 aromatic rings. The molecule has 0 saturated carbocycles. The molecule has 18 heavy (non-hydrogen) atoms. The number of rotatable bonds is 6. The van der Waals surface area contributed by atoms with Gasteiger partial charge in [0.25, 0.3) is 5.91 Å². The number of ether oxygens (including phenoxy) is 1. The molecule has 96 valence electrons. The van der Waals surface area contributed by atoms with Crippen LogP contribution in [0.2, 0.25) is 0 Å². The zero-order valence-electron chi connectivity index (χ0n) is 9.77. The van der Waals surface area contributed by atoms with Gasteiger partial charge in [0.2, 0.25) is 6.10 Å². The smallest absolute Gasteiger partial charge is 0.317 e. The lowest BCUT2D eigenvalue weighted by Crippen LogP contribution is -2.32. The molecule has 0 aliphatic carbocycles.